The summed E-state index contributed by atoms with van der Waals surface area (Å²) in [6.07, 6.45) is -8.70. The Morgan fingerprint density at radius 2 is 1.33 bits per heavy atom. The van der Waals surface area contributed by atoms with Crippen molar-refractivity contribution in [3.63, 3.8) is 0 Å². The van der Waals surface area contributed by atoms with E-state index in [4.69, 9.17) is 4.74 Å². The van der Waals surface area contributed by atoms with Crippen LogP contribution in [0.4, 0.5) is 32.0 Å². The first-order valence-corrected chi connectivity index (χ1v) is 18.0. The largest absolute Gasteiger partial charge is 0.573 e. The minimum absolute atomic E-state index is 0.0347. The standard InChI is InChI=1S/C41H34F6N4O7/c42-40(43,44)34-30(38(54)50-18-6-7-19-50)13-14-31(39(55)56)35(34)51(23-28-20-26(22-48)10-15-32(28)57-24-25-8-2-1-3-9-25)36(52)27-11-12-29(33(21-27)58-41(45,46)47)37(53)49-16-4-5-17-49/h1-3,8-15,20-21H,4-7,16-19,23-24H2,(H,55,56). The summed E-state index contributed by atoms with van der Waals surface area (Å²) in [5.41, 5.74) is -5.91. The fourth-order valence-electron chi connectivity index (χ4n) is 6.96. The highest BCUT2D eigenvalue weighted by Gasteiger charge is 2.44. The number of amides is 3. The van der Waals surface area contributed by atoms with Crippen molar-refractivity contribution in [3.8, 4) is 17.6 Å². The second-order valence-corrected chi connectivity index (χ2v) is 13.5. The summed E-state index contributed by atoms with van der Waals surface area (Å²) in [5.74, 6) is -6.50. The number of anilines is 1. The zero-order valence-electron chi connectivity index (χ0n) is 30.5. The predicted molar refractivity (Wildman–Crippen MR) is 194 cm³/mol. The molecular formula is C41H34F6N4O7. The maximum Gasteiger partial charge on any atom is 0.573 e. The Morgan fingerprint density at radius 1 is 0.741 bits per heavy atom. The molecule has 17 heteroatoms. The maximum absolute atomic E-state index is 15.5. The van der Waals surface area contributed by atoms with Gasteiger partial charge < -0.3 is 29.3 Å². The zero-order chi connectivity index (χ0) is 41.8. The Morgan fingerprint density at radius 3 is 1.90 bits per heavy atom. The number of nitriles is 1. The zero-order valence-corrected chi connectivity index (χ0v) is 30.5. The van der Waals surface area contributed by atoms with Gasteiger partial charge in [0.1, 0.15) is 18.1 Å². The molecule has 0 unspecified atom stereocenters. The molecule has 2 saturated heterocycles. The second-order valence-electron chi connectivity index (χ2n) is 13.5. The van der Waals surface area contributed by atoms with E-state index < -0.39 is 82.0 Å². The summed E-state index contributed by atoms with van der Waals surface area (Å²) < 4.78 is 97.9. The average molecular weight is 809 g/mol. The van der Waals surface area contributed by atoms with Gasteiger partial charge in [-0.05, 0) is 79.8 Å². The van der Waals surface area contributed by atoms with Crippen molar-refractivity contribution in [2.24, 2.45) is 0 Å². The Labute approximate surface area is 327 Å². The summed E-state index contributed by atoms with van der Waals surface area (Å²) in [7, 11) is 0. The number of aromatic carboxylic acids is 1. The predicted octanol–water partition coefficient (Wildman–Crippen LogP) is 8.07. The maximum atomic E-state index is 15.5. The Hall–Kier alpha value is -6.57. The number of hydrogen-bond acceptors (Lipinski definition) is 7. The molecule has 3 amide bonds. The Balaban J connectivity index is 1.58. The van der Waals surface area contributed by atoms with Gasteiger partial charge in [-0.3, -0.25) is 14.4 Å². The van der Waals surface area contributed by atoms with Gasteiger partial charge in [0.15, 0.2) is 0 Å². The number of carboxylic acid groups (broad SMARTS) is 1. The van der Waals surface area contributed by atoms with E-state index in [0.717, 1.165) is 23.1 Å². The SMILES string of the molecule is N#Cc1ccc(OCc2ccccc2)c(CN(C(=O)c2ccc(C(=O)N3CCCC3)c(OC(F)(F)F)c2)c2c(C(=O)O)ccc(C(=O)N3CCCC3)c2C(F)(F)F)c1. The van der Waals surface area contributed by atoms with Crippen LogP contribution in [0.25, 0.3) is 0 Å². The number of ether oxygens (including phenoxy) is 2. The highest BCUT2D eigenvalue weighted by molar-refractivity contribution is 6.12. The van der Waals surface area contributed by atoms with Crippen LogP contribution in [0.5, 0.6) is 11.5 Å². The first-order valence-electron chi connectivity index (χ1n) is 18.0. The topological polar surface area (TPSA) is 140 Å². The molecule has 2 fully saturated rings. The molecule has 0 radical (unpaired) electrons. The van der Waals surface area contributed by atoms with E-state index in [1.807, 2.05) is 6.07 Å². The van der Waals surface area contributed by atoms with E-state index in [0.29, 0.717) is 48.3 Å². The van der Waals surface area contributed by atoms with Gasteiger partial charge in [0, 0.05) is 37.3 Å². The second kappa shape index (κ2) is 16.9. The van der Waals surface area contributed by atoms with Crippen molar-refractivity contribution in [1.29, 1.82) is 5.26 Å². The third kappa shape index (κ3) is 9.17. The van der Waals surface area contributed by atoms with Gasteiger partial charge in [-0.15, -0.1) is 13.2 Å². The number of carbonyl (C=O) groups is 4. The number of alkyl halides is 6. The van der Waals surface area contributed by atoms with Crippen molar-refractivity contribution >= 4 is 29.4 Å². The third-order valence-electron chi connectivity index (χ3n) is 9.66. The first kappa shape index (κ1) is 41.1. The highest BCUT2D eigenvalue weighted by atomic mass is 19.4. The minimum atomic E-state index is -5.48. The lowest BCUT2D eigenvalue weighted by molar-refractivity contribution is -0.274. The minimum Gasteiger partial charge on any atom is -0.489 e. The molecule has 2 heterocycles. The van der Waals surface area contributed by atoms with Crippen LogP contribution in [0.1, 0.15) is 89.4 Å². The molecule has 0 aromatic heterocycles. The summed E-state index contributed by atoms with van der Waals surface area (Å²) >= 11 is 0. The molecule has 6 rings (SSSR count). The van der Waals surface area contributed by atoms with E-state index in [9.17, 15) is 42.7 Å². The fourth-order valence-corrected chi connectivity index (χ4v) is 6.96. The number of nitrogens with zero attached hydrogens (tertiary/aromatic N) is 4. The van der Waals surface area contributed by atoms with Gasteiger partial charge in [-0.1, -0.05) is 30.3 Å². The Bertz CT molecular complexity index is 2260. The monoisotopic (exact) mass is 808 g/mol. The van der Waals surface area contributed by atoms with Crippen molar-refractivity contribution < 1.29 is 60.1 Å². The lowest BCUT2D eigenvalue weighted by Crippen LogP contribution is -2.36. The normalized spacial score (nSPS) is 14.2. The lowest BCUT2D eigenvalue weighted by atomic mass is 9.96. The molecule has 302 valence electrons. The molecule has 2 aliphatic heterocycles. The van der Waals surface area contributed by atoms with E-state index >= 15 is 13.2 Å². The van der Waals surface area contributed by atoms with Gasteiger partial charge in [0.05, 0.1) is 46.1 Å². The van der Waals surface area contributed by atoms with Crippen LogP contribution in [0.2, 0.25) is 0 Å². The fraction of sp³-hybridized carbons (Fsp3) is 0.293. The summed E-state index contributed by atoms with van der Waals surface area (Å²) in [6.45, 7) is -0.343. The number of likely N-dealkylation sites (tertiary alicyclic amines) is 2. The molecule has 4 aromatic carbocycles. The molecule has 1 N–H and O–H groups in total. The number of carboxylic acids is 1. The van der Waals surface area contributed by atoms with Gasteiger partial charge in [-0.25, -0.2) is 4.79 Å². The van der Waals surface area contributed by atoms with E-state index in [2.05, 4.69) is 4.74 Å². The van der Waals surface area contributed by atoms with Crippen molar-refractivity contribution in [3.05, 3.63) is 123 Å². The van der Waals surface area contributed by atoms with E-state index in [1.54, 1.807) is 30.3 Å². The lowest BCUT2D eigenvalue weighted by Gasteiger charge is -2.30. The quantitative estimate of drug-likeness (QED) is 0.150. The smallest absolute Gasteiger partial charge is 0.489 e. The van der Waals surface area contributed by atoms with Gasteiger partial charge in [0.25, 0.3) is 17.7 Å². The number of carbonyl (C=O) groups excluding carboxylic acids is 3. The van der Waals surface area contributed by atoms with Crippen LogP contribution in [-0.4, -0.2) is 71.1 Å². The highest BCUT2D eigenvalue weighted by Crippen LogP contribution is 2.44. The van der Waals surface area contributed by atoms with Crippen LogP contribution >= 0.6 is 0 Å². The van der Waals surface area contributed by atoms with Gasteiger partial charge in [0.2, 0.25) is 0 Å². The number of hydrogen-bond donors (Lipinski definition) is 1. The molecule has 2 aliphatic rings. The van der Waals surface area contributed by atoms with E-state index in [1.165, 1.54) is 23.1 Å². The molecule has 0 atom stereocenters. The molecule has 0 saturated carbocycles. The van der Waals surface area contributed by atoms with Crippen LogP contribution < -0.4 is 14.4 Å². The number of benzene rings is 4. The molecule has 11 nitrogen and oxygen atoms in total. The van der Waals surface area contributed by atoms with Crippen LogP contribution in [0.15, 0.2) is 78.9 Å². The van der Waals surface area contributed by atoms with Crippen molar-refractivity contribution in [2.45, 2.75) is 51.4 Å². The van der Waals surface area contributed by atoms with Crippen LogP contribution in [-0.2, 0) is 19.3 Å². The summed E-state index contributed by atoms with van der Waals surface area (Å²) in [4.78, 5) is 57.3. The van der Waals surface area contributed by atoms with Gasteiger partial charge >= 0.3 is 18.5 Å². The van der Waals surface area contributed by atoms with Crippen LogP contribution in [0, 0.1) is 11.3 Å². The molecule has 0 bridgehead atoms. The molecule has 0 spiro atoms. The first-order chi connectivity index (χ1) is 27.6. The summed E-state index contributed by atoms with van der Waals surface area (Å²) in [5, 5.41) is 20.1. The van der Waals surface area contributed by atoms with Gasteiger partial charge in [-0.2, -0.15) is 18.4 Å². The van der Waals surface area contributed by atoms with Crippen molar-refractivity contribution in [1.82, 2.24) is 9.80 Å². The third-order valence-corrected chi connectivity index (χ3v) is 9.66. The molecule has 4 aromatic rings. The molecule has 58 heavy (non-hydrogen) atoms. The van der Waals surface area contributed by atoms with Crippen LogP contribution in [0.3, 0.4) is 0 Å². The van der Waals surface area contributed by atoms with E-state index in [-0.39, 0.29) is 49.7 Å². The molecule has 0 aliphatic carbocycles. The number of rotatable bonds is 11. The summed E-state index contributed by atoms with van der Waals surface area (Å²) in [6, 6.07) is 18.2. The number of halogens is 6. The molecular weight excluding hydrogens is 774 g/mol. The average Bonchev–Trinajstić information content (AvgIpc) is 3.94. The van der Waals surface area contributed by atoms with Crippen molar-refractivity contribution in [2.75, 3.05) is 31.1 Å². The Kier molecular flexibility index (Phi) is 12.0.